The second-order valence-electron chi connectivity index (χ2n) is 5.89. The smallest absolute Gasteiger partial charge is 0.273 e. The van der Waals surface area contributed by atoms with Gasteiger partial charge in [0.25, 0.3) is 5.91 Å². The molecule has 2 heterocycles. The van der Waals surface area contributed by atoms with Crippen LogP contribution in [0.3, 0.4) is 0 Å². The van der Waals surface area contributed by atoms with Crippen molar-refractivity contribution in [2.45, 2.75) is 26.8 Å². The van der Waals surface area contributed by atoms with E-state index in [0.717, 1.165) is 0 Å². The highest BCUT2D eigenvalue weighted by atomic mass is 32.2. The summed E-state index contributed by atoms with van der Waals surface area (Å²) in [4.78, 5) is 12.1. The van der Waals surface area contributed by atoms with Crippen molar-refractivity contribution in [3.05, 3.63) is 17.5 Å². The summed E-state index contributed by atoms with van der Waals surface area (Å²) < 4.78 is 29.7. The quantitative estimate of drug-likeness (QED) is 0.879. The lowest BCUT2D eigenvalue weighted by atomic mass is 9.91. The summed E-state index contributed by atoms with van der Waals surface area (Å²) in [5.41, 5.74) is 0.216. The van der Waals surface area contributed by atoms with Crippen LogP contribution in [0.2, 0.25) is 0 Å². The van der Waals surface area contributed by atoms with Crippen molar-refractivity contribution in [3.8, 4) is 0 Å². The van der Waals surface area contributed by atoms with Crippen molar-refractivity contribution >= 4 is 15.9 Å². The number of sulfonamides is 1. The Kier molecular flexibility index (Phi) is 4.38. The summed E-state index contributed by atoms with van der Waals surface area (Å²) in [7, 11) is -3.25. The Morgan fingerprint density at radius 2 is 2.14 bits per heavy atom. The summed E-state index contributed by atoms with van der Waals surface area (Å²) in [5.74, 6) is 0.570. The molecular weight excluding hydrogens is 294 g/mol. The largest absolute Gasteiger partial charge is 0.361 e. The van der Waals surface area contributed by atoms with E-state index in [0.29, 0.717) is 18.8 Å². The first kappa shape index (κ1) is 16.0. The van der Waals surface area contributed by atoms with Gasteiger partial charge in [0.15, 0.2) is 5.69 Å². The van der Waals surface area contributed by atoms with Crippen LogP contribution in [0.4, 0.5) is 0 Å². The van der Waals surface area contributed by atoms with E-state index in [1.165, 1.54) is 10.6 Å². The predicted octanol–water partition coefficient (Wildman–Crippen LogP) is 0.629. The molecule has 0 bridgehead atoms. The first-order valence-corrected chi connectivity index (χ1v) is 8.72. The molecule has 118 valence electrons. The average molecular weight is 315 g/mol. The number of aromatic nitrogens is 1. The van der Waals surface area contributed by atoms with Gasteiger partial charge in [-0.25, -0.2) is 8.42 Å². The molecule has 0 unspecified atom stereocenters. The number of nitrogens with one attached hydrogen (secondary N) is 1. The predicted molar refractivity (Wildman–Crippen MR) is 77.2 cm³/mol. The molecule has 1 aliphatic heterocycles. The Morgan fingerprint density at radius 3 is 2.62 bits per heavy atom. The number of hydrogen-bond acceptors (Lipinski definition) is 5. The van der Waals surface area contributed by atoms with Crippen LogP contribution in [0.5, 0.6) is 0 Å². The van der Waals surface area contributed by atoms with Crippen LogP contribution in [0.15, 0.2) is 10.6 Å². The van der Waals surface area contributed by atoms with Crippen LogP contribution >= 0.6 is 0 Å². The van der Waals surface area contributed by atoms with Crippen LogP contribution in [0, 0.1) is 18.8 Å². The van der Waals surface area contributed by atoms with Crippen molar-refractivity contribution in [1.29, 1.82) is 0 Å². The van der Waals surface area contributed by atoms with E-state index >= 15 is 0 Å². The Hall–Kier alpha value is -1.41. The average Bonchev–Trinajstić information content (AvgIpc) is 2.94. The molecule has 1 aromatic rings. The van der Waals surface area contributed by atoms with E-state index < -0.39 is 10.0 Å². The van der Waals surface area contributed by atoms with Gasteiger partial charge in [-0.1, -0.05) is 19.0 Å². The van der Waals surface area contributed by atoms with E-state index in [1.54, 1.807) is 13.0 Å². The Balaban J connectivity index is 2.12. The standard InChI is InChI=1S/C13H21N3O4S/c1-8(2)10-6-16(21(4,18)19)7-12(10)14-13(17)11-5-9(3)20-15-11/h5,8,10,12H,6-7H2,1-4H3,(H,14,17)/t10-,12+/m1/s1. The molecule has 21 heavy (non-hydrogen) atoms. The molecule has 1 aliphatic rings. The lowest BCUT2D eigenvalue weighted by Gasteiger charge is -2.22. The number of rotatable bonds is 4. The number of nitrogens with zero attached hydrogens (tertiary/aromatic N) is 2. The van der Waals surface area contributed by atoms with Gasteiger partial charge in [0, 0.05) is 25.2 Å². The molecule has 1 aromatic heterocycles. The molecule has 0 radical (unpaired) electrons. The molecule has 0 saturated carbocycles. The normalized spacial score (nSPS) is 23.7. The SMILES string of the molecule is Cc1cc(C(=O)N[C@H]2CN(S(C)(=O)=O)C[C@@H]2C(C)C)no1. The maximum absolute atomic E-state index is 12.1. The molecule has 2 atom stereocenters. The minimum absolute atomic E-state index is 0.0803. The summed E-state index contributed by atoms with van der Waals surface area (Å²) >= 11 is 0. The molecule has 1 saturated heterocycles. The highest BCUT2D eigenvalue weighted by molar-refractivity contribution is 7.88. The molecule has 0 aliphatic carbocycles. The minimum atomic E-state index is -3.25. The topological polar surface area (TPSA) is 92.5 Å². The lowest BCUT2D eigenvalue weighted by molar-refractivity contribution is 0.0916. The van der Waals surface area contributed by atoms with Gasteiger partial charge >= 0.3 is 0 Å². The number of amides is 1. The Labute approximate surface area is 124 Å². The number of aryl methyl sites for hydroxylation is 1. The Bertz CT molecular complexity index is 623. The van der Waals surface area contributed by atoms with Gasteiger partial charge in [0.1, 0.15) is 5.76 Å². The monoisotopic (exact) mass is 315 g/mol. The summed E-state index contributed by atoms with van der Waals surface area (Å²) in [6.07, 6.45) is 1.19. The maximum Gasteiger partial charge on any atom is 0.273 e. The second-order valence-corrected chi connectivity index (χ2v) is 7.87. The maximum atomic E-state index is 12.1. The number of carbonyl (C=O) groups is 1. The molecule has 0 aromatic carbocycles. The molecule has 1 fully saturated rings. The third kappa shape index (κ3) is 3.62. The molecular formula is C13H21N3O4S. The van der Waals surface area contributed by atoms with Crippen molar-refractivity contribution in [1.82, 2.24) is 14.8 Å². The number of hydrogen-bond donors (Lipinski definition) is 1. The van der Waals surface area contributed by atoms with Gasteiger partial charge in [-0.15, -0.1) is 0 Å². The van der Waals surface area contributed by atoms with Crippen LogP contribution < -0.4 is 5.32 Å². The van der Waals surface area contributed by atoms with Crippen molar-refractivity contribution in [3.63, 3.8) is 0 Å². The van der Waals surface area contributed by atoms with E-state index in [2.05, 4.69) is 10.5 Å². The van der Waals surface area contributed by atoms with Crippen LogP contribution in [0.1, 0.15) is 30.1 Å². The third-order valence-corrected chi connectivity index (χ3v) is 5.07. The third-order valence-electron chi connectivity index (χ3n) is 3.83. The van der Waals surface area contributed by atoms with E-state index in [-0.39, 0.29) is 29.5 Å². The van der Waals surface area contributed by atoms with Crippen molar-refractivity contribution in [2.75, 3.05) is 19.3 Å². The van der Waals surface area contributed by atoms with E-state index in [1.807, 2.05) is 13.8 Å². The number of carbonyl (C=O) groups excluding carboxylic acids is 1. The fourth-order valence-corrected chi connectivity index (χ4v) is 3.48. The first-order valence-electron chi connectivity index (χ1n) is 6.87. The molecule has 1 amide bonds. The Morgan fingerprint density at radius 1 is 1.48 bits per heavy atom. The fourth-order valence-electron chi connectivity index (χ4n) is 2.61. The molecule has 2 rings (SSSR count). The van der Waals surface area contributed by atoms with Crippen LogP contribution in [-0.4, -0.2) is 49.2 Å². The molecule has 0 spiro atoms. The van der Waals surface area contributed by atoms with Crippen LogP contribution in [0.25, 0.3) is 0 Å². The summed E-state index contributed by atoms with van der Waals surface area (Å²) in [6.45, 7) is 6.48. The second kappa shape index (κ2) is 5.76. The molecule has 1 N–H and O–H groups in total. The van der Waals surface area contributed by atoms with Gasteiger partial charge in [0.05, 0.1) is 6.26 Å². The lowest BCUT2D eigenvalue weighted by Crippen LogP contribution is -2.42. The van der Waals surface area contributed by atoms with E-state index in [4.69, 9.17) is 4.52 Å². The highest BCUT2D eigenvalue weighted by Crippen LogP contribution is 2.26. The van der Waals surface area contributed by atoms with Crippen LogP contribution in [-0.2, 0) is 10.0 Å². The minimum Gasteiger partial charge on any atom is -0.361 e. The van der Waals surface area contributed by atoms with Gasteiger partial charge < -0.3 is 9.84 Å². The molecule has 7 nitrogen and oxygen atoms in total. The van der Waals surface area contributed by atoms with Crippen molar-refractivity contribution < 1.29 is 17.7 Å². The van der Waals surface area contributed by atoms with Crippen molar-refractivity contribution in [2.24, 2.45) is 11.8 Å². The summed E-state index contributed by atoms with van der Waals surface area (Å²) in [5, 5.41) is 6.55. The summed E-state index contributed by atoms with van der Waals surface area (Å²) in [6, 6.07) is 1.34. The zero-order valence-corrected chi connectivity index (χ0v) is 13.5. The highest BCUT2D eigenvalue weighted by Gasteiger charge is 2.39. The zero-order chi connectivity index (χ0) is 15.8. The van der Waals surface area contributed by atoms with Gasteiger partial charge in [-0.2, -0.15) is 4.31 Å². The zero-order valence-electron chi connectivity index (χ0n) is 12.7. The first-order chi connectivity index (χ1) is 9.68. The van der Waals surface area contributed by atoms with Gasteiger partial charge in [0.2, 0.25) is 10.0 Å². The fraction of sp³-hybridized carbons (Fsp3) is 0.692. The molecule has 8 heteroatoms. The van der Waals surface area contributed by atoms with Gasteiger partial charge in [-0.3, -0.25) is 4.79 Å². The van der Waals surface area contributed by atoms with E-state index in [9.17, 15) is 13.2 Å². The van der Waals surface area contributed by atoms with Gasteiger partial charge in [-0.05, 0) is 18.8 Å².